The monoisotopic (exact) mass is 343 g/mol. The van der Waals surface area contributed by atoms with Crippen LogP contribution in [0.1, 0.15) is 42.5 Å². The van der Waals surface area contributed by atoms with Gasteiger partial charge in [0, 0.05) is 31.5 Å². The van der Waals surface area contributed by atoms with Crippen LogP contribution in [-0.2, 0) is 9.53 Å². The number of pyridine rings is 1. The van der Waals surface area contributed by atoms with Crippen molar-refractivity contribution in [3.63, 3.8) is 0 Å². The van der Waals surface area contributed by atoms with Crippen molar-refractivity contribution < 1.29 is 14.3 Å². The standard InChI is InChI=1S/C19H25N3O3/c23-17(15-5-2-8-20-11-15)21-9-6-16-7-10-25-19(16)12-22(13-19)18(24)14-3-1-4-14/h2,5,8,11,14,16H,1,3-4,6-7,9-10,12-13H2,(H,21,23)/t16-/m1/s1. The summed E-state index contributed by atoms with van der Waals surface area (Å²) >= 11 is 0. The van der Waals surface area contributed by atoms with E-state index in [1.165, 1.54) is 6.42 Å². The molecule has 2 amide bonds. The van der Waals surface area contributed by atoms with Gasteiger partial charge in [-0.15, -0.1) is 0 Å². The van der Waals surface area contributed by atoms with Gasteiger partial charge in [0.25, 0.3) is 5.91 Å². The van der Waals surface area contributed by atoms with Crippen molar-refractivity contribution in [2.75, 3.05) is 26.2 Å². The molecule has 2 saturated heterocycles. The second-order valence-corrected chi connectivity index (χ2v) is 7.51. The smallest absolute Gasteiger partial charge is 0.252 e. The average molecular weight is 343 g/mol. The van der Waals surface area contributed by atoms with Crippen molar-refractivity contribution in [3.05, 3.63) is 30.1 Å². The van der Waals surface area contributed by atoms with Gasteiger partial charge in [0.05, 0.1) is 18.7 Å². The molecule has 6 heteroatoms. The number of likely N-dealkylation sites (tertiary alicyclic amines) is 1. The summed E-state index contributed by atoms with van der Waals surface area (Å²) < 4.78 is 6.03. The highest BCUT2D eigenvalue weighted by atomic mass is 16.5. The van der Waals surface area contributed by atoms with Crippen molar-refractivity contribution in [1.82, 2.24) is 15.2 Å². The highest BCUT2D eigenvalue weighted by Crippen LogP contribution is 2.43. The highest BCUT2D eigenvalue weighted by molar-refractivity contribution is 5.93. The number of ether oxygens (including phenoxy) is 1. The van der Waals surface area contributed by atoms with Gasteiger partial charge in [-0.25, -0.2) is 0 Å². The number of rotatable bonds is 5. The van der Waals surface area contributed by atoms with Crippen molar-refractivity contribution in [2.24, 2.45) is 11.8 Å². The van der Waals surface area contributed by atoms with Crippen LogP contribution >= 0.6 is 0 Å². The van der Waals surface area contributed by atoms with Gasteiger partial charge in [0.1, 0.15) is 5.60 Å². The summed E-state index contributed by atoms with van der Waals surface area (Å²) in [6.07, 6.45) is 8.41. The fraction of sp³-hybridized carbons (Fsp3) is 0.632. The topological polar surface area (TPSA) is 71.5 Å². The van der Waals surface area contributed by atoms with E-state index in [0.29, 0.717) is 23.9 Å². The SMILES string of the molecule is O=C(NCC[C@@H]1CCOC12CN(C(=O)C1CCC1)C2)c1cccnc1. The van der Waals surface area contributed by atoms with Gasteiger partial charge in [0.2, 0.25) is 5.91 Å². The van der Waals surface area contributed by atoms with Gasteiger partial charge in [-0.3, -0.25) is 14.6 Å². The molecule has 0 radical (unpaired) electrons. The van der Waals surface area contributed by atoms with E-state index >= 15 is 0 Å². The summed E-state index contributed by atoms with van der Waals surface area (Å²) in [5.41, 5.74) is 0.416. The Hall–Kier alpha value is -1.95. The lowest BCUT2D eigenvalue weighted by Crippen LogP contribution is -2.67. The predicted octanol–water partition coefficient (Wildman–Crippen LogP) is 1.62. The van der Waals surface area contributed by atoms with Gasteiger partial charge in [-0.1, -0.05) is 6.42 Å². The van der Waals surface area contributed by atoms with Crippen LogP contribution in [0, 0.1) is 11.8 Å². The number of carbonyl (C=O) groups is 2. The van der Waals surface area contributed by atoms with Gasteiger partial charge in [0.15, 0.2) is 0 Å². The Balaban J connectivity index is 1.25. The first-order valence-electron chi connectivity index (χ1n) is 9.29. The molecule has 3 heterocycles. The molecule has 4 rings (SSSR count). The van der Waals surface area contributed by atoms with E-state index in [2.05, 4.69) is 10.3 Å². The summed E-state index contributed by atoms with van der Waals surface area (Å²) in [4.78, 5) is 30.3. The number of aromatic nitrogens is 1. The van der Waals surface area contributed by atoms with Crippen LogP contribution in [0.2, 0.25) is 0 Å². The zero-order valence-corrected chi connectivity index (χ0v) is 14.4. The third kappa shape index (κ3) is 3.15. The minimum absolute atomic E-state index is 0.0866. The van der Waals surface area contributed by atoms with Crippen LogP contribution in [0.3, 0.4) is 0 Å². The summed E-state index contributed by atoms with van der Waals surface area (Å²) in [7, 11) is 0. The molecule has 1 saturated carbocycles. The summed E-state index contributed by atoms with van der Waals surface area (Å²) in [5, 5.41) is 2.97. The lowest BCUT2D eigenvalue weighted by atomic mass is 9.76. The number of nitrogens with one attached hydrogen (secondary N) is 1. The van der Waals surface area contributed by atoms with Crippen molar-refractivity contribution in [1.29, 1.82) is 0 Å². The summed E-state index contributed by atoms with van der Waals surface area (Å²) in [5.74, 6) is 0.899. The van der Waals surface area contributed by atoms with Gasteiger partial charge in [-0.05, 0) is 43.7 Å². The van der Waals surface area contributed by atoms with E-state index in [1.807, 2.05) is 4.90 Å². The van der Waals surface area contributed by atoms with E-state index < -0.39 is 0 Å². The minimum atomic E-state index is -0.168. The molecule has 3 aliphatic rings. The Kier molecular flexibility index (Phi) is 4.46. The van der Waals surface area contributed by atoms with Gasteiger partial charge < -0.3 is 15.0 Å². The molecule has 3 fully saturated rings. The highest BCUT2D eigenvalue weighted by Gasteiger charge is 2.54. The van der Waals surface area contributed by atoms with E-state index in [0.717, 1.165) is 45.4 Å². The molecule has 1 N–H and O–H groups in total. The Morgan fingerprint density at radius 3 is 2.84 bits per heavy atom. The van der Waals surface area contributed by atoms with Gasteiger partial charge in [-0.2, -0.15) is 0 Å². The van der Waals surface area contributed by atoms with Crippen LogP contribution in [-0.4, -0.2) is 53.5 Å². The molecule has 1 aromatic rings. The Morgan fingerprint density at radius 1 is 1.32 bits per heavy atom. The predicted molar refractivity (Wildman–Crippen MR) is 91.9 cm³/mol. The third-order valence-electron chi connectivity index (χ3n) is 5.99. The van der Waals surface area contributed by atoms with E-state index in [1.54, 1.807) is 24.5 Å². The largest absolute Gasteiger partial charge is 0.371 e. The molecule has 6 nitrogen and oxygen atoms in total. The molecule has 2 aliphatic heterocycles. The van der Waals surface area contributed by atoms with Crippen LogP contribution in [0.5, 0.6) is 0 Å². The first-order chi connectivity index (χ1) is 12.2. The first kappa shape index (κ1) is 16.5. The zero-order valence-electron chi connectivity index (χ0n) is 14.4. The Morgan fingerprint density at radius 2 is 2.16 bits per heavy atom. The summed E-state index contributed by atoms with van der Waals surface area (Å²) in [6, 6.07) is 3.52. The molecule has 134 valence electrons. The van der Waals surface area contributed by atoms with Crippen molar-refractivity contribution in [3.8, 4) is 0 Å². The quantitative estimate of drug-likeness (QED) is 0.882. The number of hydrogen-bond acceptors (Lipinski definition) is 4. The maximum Gasteiger partial charge on any atom is 0.252 e. The maximum atomic E-state index is 12.3. The zero-order chi connectivity index (χ0) is 17.3. The molecule has 25 heavy (non-hydrogen) atoms. The summed E-state index contributed by atoms with van der Waals surface area (Å²) in [6.45, 7) is 2.83. The number of hydrogen-bond donors (Lipinski definition) is 1. The van der Waals surface area contributed by atoms with Crippen LogP contribution in [0.25, 0.3) is 0 Å². The number of nitrogens with zero attached hydrogens (tertiary/aromatic N) is 2. The maximum absolute atomic E-state index is 12.3. The molecule has 1 atom stereocenters. The molecule has 1 spiro atoms. The lowest BCUT2D eigenvalue weighted by molar-refractivity contribution is -0.171. The Labute approximate surface area is 147 Å². The minimum Gasteiger partial charge on any atom is -0.371 e. The van der Waals surface area contributed by atoms with E-state index in [4.69, 9.17) is 4.74 Å². The van der Waals surface area contributed by atoms with Gasteiger partial charge >= 0.3 is 0 Å². The van der Waals surface area contributed by atoms with Crippen molar-refractivity contribution in [2.45, 2.75) is 37.7 Å². The fourth-order valence-electron chi connectivity index (χ4n) is 4.17. The Bertz CT molecular complexity index is 639. The molecular weight excluding hydrogens is 318 g/mol. The average Bonchev–Trinajstić information content (AvgIpc) is 2.96. The molecule has 1 aromatic heterocycles. The fourth-order valence-corrected chi connectivity index (χ4v) is 4.17. The second-order valence-electron chi connectivity index (χ2n) is 7.51. The van der Waals surface area contributed by atoms with Crippen LogP contribution in [0.15, 0.2) is 24.5 Å². The number of amides is 2. The van der Waals surface area contributed by atoms with E-state index in [-0.39, 0.29) is 17.4 Å². The molecule has 0 aromatic carbocycles. The molecule has 1 aliphatic carbocycles. The molecule has 0 bridgehead atoms. The normalized spacial score (nSPS) is 24.6. The second kappa shape index (κ2) is 6.75. The van der Waals surface area contributed by atoms with Crippen LogP contribution < -0.4 is 5.32 Å². The molecule has 0 unspecified atom stereocenters. The van der Waals surface area contributed by atoms with Crippen molar-refractivity contribution >= 4 is 11.8 Å². The first-order valence-corrected chi connectivity index (χ1v) is 9.29. The molecular formula is C19H25N3O3. The number of carbonyl (C=O) groups excluding carboxylic acids is 2. The third-order valence-corrected chi connectivity index (χ3v) is 5.99. The van der Waals surface area contributed by atoms with Crippen LogP contribution in [0.4, 0.5) is 0 Å². The van der Waals surface area contributed by atoms with E-state index in [9.17, 15) is 9.59 Å². The lowest BCUT2D eigenvalue weighted by Gasteiger charge is -2.51.